The van der Waals surface area contributed by atoms with Crippen LogP contribution < -0.4 is 0 Å². The standard InChI is InChI=1S/C20H31N5O3/c1-3-23-9-4-5-16(23)19(27)24-11-7-20(8-12-24)18-15(21-14-22-18)6-10-25(20)17(26)13-28-2/h14,16H,3-13H2,1-2H3,(H,21,22)/t16-/m1/s1. The highest BCUT2D eigenvalue weighted by Crippen LogP contribution is 2.42. The zero-order chi connectivity index (χ0) is 19.7. The first-order valence-corrected chi connectivity index (χ1v) is 10.5. The molecule has 4 rings (SSSR count). The number of H-pyrrole nitrogens is 1. The Labute approximate surface area is 166 Å². The summed E-state index contributed by atoms with van der Waals surface area (Å²) in [5, 5.41) is 0. The Hall–Kier alpha value is -1.93. The highest BCUT2D eigenvalue weighted by atomic mass is 16.5. The van der Waals surface area contributed by atoms with Crippen LogP contribution in [0.15, 0.2) is 6.33 Å². The van der Waals surface area contributed by atoms with Gasteiger partial charge in [0.1, 0.15) is 6.61 Å². The van der Waals surface area contributed by atoms with Crippen LogP contribution in [0.4, 0.5) is 0 Å². The van der Waals surface area contributed by atoms with E-state index in [1.165, 1.54) is 0 Å². The van der Waals surface area contributed by atoms with Crippen molar-refractivity contribution in [1.82, 2.24) is 24.7 Å². The minimum atomic E-state index is -0.430. The van der Waals surface area contributed by atoms with Crippen molar-refractivity contribution in [2.75, 3.05) is 46.4 Å². The molecule has 2 amide bonds. The molecule has 0 radical (unpaired) electrons. The van der Waals surface area contributed by atoms with E-state index in [4.69, 9.17) is 4.74 Å². The van der Waals surface area contributed by atoms with Gasteiger partial charge in [0.25, 0.3) is 0 Å². The van der Waals surface area contributed by atoms with Crippen molar-refractivity contribution >= 4 is 11.8 Å². The predicted octanol–water partition coefficient (Wildman–Crippen LogP) is 0.743. The number of nitrogens with zero attached hydrogens (tertiary/aromatic N) is 4. The smallest absolute Gasteiger partial charge is 0.249 e. The van der Waals surface area contributed by atoms with Gasteiger partial charge in [-0.15, -0.1) is 0 Å². The Morgan fingerprint density at radius 2 is 2.07 bits per heavy atom. The number of imidazole rings is 1. The van der Waals surface area contributed by atoms with E-state index in [2.05, 4.69) is 21.8 Å². The highest BCUT2D eigenvalue weighted by Gasteiger charge is 2.49. The number of likely N-dealkylation sites (tertiary alicyclic amines) is 2. The zero-order valence-electron chi connectivity index (χ0n) is 16.9. The van der Waals surface area contributed by atoms with E-state index in [9.17, 15) is 9.59 Å². The first-order valence-electron chi connectivity index (χ1n) is 10.5. The summed E-state index contributed by atoms with van der Waals surface area (Å²) in [6.07, 6.45) is 6.01. The van der Waals surface area contributed by atoms with Gasteiger partial charge in [-0.2, -0.15) is 0 Å². The number of likely N-dealkylation sites (N-methyl/N-ethyl adjacent to an activating group) is 1. The number of carbonyl (C=O) groups is 2. The summed E-state index contributed by atoms with van der Waals surface area (Å²) in [5.74, 6) is 0.255. The molecule has 8 heteroatoms. The monoisotopic (exact) mass is 389 g/mol. The molecule has 1 atom stereocenters. The Bertz CT molecular complexity index is 725. The van der Waals surface area contributed by atoms with Crippen LogP contribution in [-0.2, 0) is 26.3 Å². The number of hydrogen-bond acceptors (Lipinski definition) is 5. The van der Waals surface area contributed by atoms with Gasteiger partial charge < -0.3 is 19.5 Å². The summed E-state index contributed by atoms with van der Waals surface area (Å²) in [6.45, 7) is 6.13. The molecule has 1 aromatic heterocycles. The second kappa shape index (κ2) is 7.83. The van der Waals surface area contributed by atoms with Gasteiger partial charge in [-0.25, -0.2) is 4.98 Å². The molecule has 3 aliphatic heterocycles. The Balaban J connectivity index is 1.53. The van der Waals surface area contributed by atoms with Gasteiger partial charge >= 0.3 is 0 Å². The summed E-state index contributed by atoms with van der Waals surface area (Å²) >= 11 is 0. The number of nitrogens with one attached hydrogen (secondary N) is 1. The predicted molar refractivity (Wildman–Crippen MR) is 104 cm³/mol. The second-order valence-corrected chi connectivity index (χ2v) is 8.10. The summed E-state index contributed by atoms with van der Waals surface area (Å²) in [6, 6.07) is 0.0255. The fourth-order valence-corrected chi connectivity index (χ4v) is 5.34. The molecule has 0 aliphatic carbocycles. The maximum absolute atomic E-state index is 13.1. The van der Waals surface area contributed by atoms with E-state index in [0.29, 0.717) is 19.6 Å². The number of fused-ring (bicyclic) bond motifs is 2. The number of rotatable bonds is 4. The van der Waals surface area contributed by atoms with Gasteiger partial charge in [-0.05, 0) is 38.8 Å². The van der Waals surface area contributed by atoms with E-state index in [0.717, 1.165) is 56.6 Å². The molecule has 0 bridgehead atoms. The molecule has 0 unspecified atom stereocenters. The topological polar surface area (TPSA) is 81.8 Å². The fourth-order valence-electron chi connectivity index (χ4n) is 5.34. The van der Waals surface area contributed by atoms with Crippen LogP contribution in [0.1, 0.15) is 44.0 Å². The quantitative estimate of drug-likeness (QED) is 0.822. The molecule has 1 spiro atoms. The number of aromatic nitrogens is 2. The van der Waals surface area contributed by atoms with Crippen molar-refractivity contribution in [3.63, 3.8) is 0 Å². The lowest BCUT2D eigenvalue weighted by atomic mass is 9.78. The largest absolute Gasteiger partial charge is 0.375 e. The molecule has 2 saturated heterocycles. The number of methoxy groups -OCH3 is 1. The Morgan fingerprint density at radius 3 is 2.79 bits per heavy atom. The maximum Gasteiger partial charge on any atom is 0.249 e. The minimum Gasteiger partial charge on any atom is -0.375 e. The van der Waals surface area contributed by atoms with E-state index in [-0.39, 0.29) is 24.5 Å². The maximum atomic E-state index is 13.1. The molecule has 4 heterocycles. The summed E-state index contributed by atoms with van der Waals surface area (Å²) in [7, 11) is 1.55. The lowest BCUT2D eigenvalue weighted by Crippen LogP contribution is -2.60. The van der Waals surface area contributed by atoms with Crippen molar-refractivity contribution in [1.29, 1.82) is 0 Å². The number of aromatic amines is 1. The van der Waals surface area contributed by atoms with E-state index in [1.807, 2.05) is 9.80 Å². The summed E-state index contributed by atoms with van der Waals surface area (Å²) in [4.78, 5) is 40.0. The van der Waals surface area contributed by atoms with Crippen molar-refractivity contribution < 1.29 is 14.3 Å². The van der Waals surface area contributed by atoms with Gasteiger partial charge in [0.15, 0.2) is 0 Å². The number of amides is 2. The average molecular weight is 390 g/mol. The molecule has 8 nitrogen and oxygen atoms in total. The SMILES string of the molecule is CCN1CCC[C@@H]1C(=O)N1CCC2(CC1)c1nc[nH]c1CCN2C(=O)COC. The van der Waals surface area contributed by atoms with E-state index < -0.39 is 5.54 Å². The van der Waals surface area contributed by atoms with Crippen LogP contribution in [0.2, 0.25) is 0 Å². The zero-order valence-corrected chi connectivity index (χ0v) is 16.9. The Kier molecular flexibility index (Phi) is 5.42. The molecule has 0 saturated carbocycles. The van der Waals surface area contributed by atoms with Crippen LogP contribution in [0.25, 0.3) is 0 Å². The number of carbonyl (C=O) groups excluding carboxylic acids is 2. The third-order valence-electron chi connectivity index (χ3n) is 6.79. The lowest BCUT2D eigenvalue weighted by molar-refractivity contribution is -0.148. The van der Waals surface area contributed by atoms with Gasteiger partial charge in [0.05, 0.1) is 23.6 Å². The lowest BCUT2D eigenvalue weighted by Gasteiger charge is -2.50. The van der Waals surface area contributed by atoms with Gasteiger partial charge in [-0.1, -0.05) is 6.92 Å². The van der Waals surface area contributed by atoms with Crippen LogP contribution >= 0.6 is 0 Å². The van der Waals surface area contributed by atoms with Crippen LogP contribution in [0.5, 0.6) is 0 Å². The molecule has 2 fully saturated rings. The van der Waals surface area contributed by atoms with Gasteiger partial charge in [-0.3, -0.25) is 14.5 Å². The van der Waals surface area contributed by atoms with E-state index in [1.54, 1.807) is 13.4 Å². The average Bonchev–Trinajstić information content (AvgIpc) is 3.38. The molecule has 3 aliphatic rings. The van der Waals surface area contributed by atoms with Crippen molar-refractivity contribution in [2.45, 2.75) is 50.6 Å². The summed E-state index contributed by atoms with van der Waals surface area (Å²) in [5.41, 5.74) is 1.67. The highest BCUT2D eigenvalue weighted by molar-refractivity contribution is 5.82. The third kappa shape index (κ3) is 3.12. The Morgan fingerprint density at radius 1 is 1.29 bits per heavy atom. The fraction of sp³-hybridized carbons (Fsp3) is 0.750. The van der Waals surface area contributed by atoms with Crippen molar-refractivity contribution in [3.8, 4) is 0 Å². The number of hydrogen-bond donors (Lipinski definition) is 1. The minimum absolute atomic E-state index is 0.00359. The molecule has 28 heavy (non-hydrogen) atoms. The molecular formula is C20H31N5O3. The first-order chi connectivity index (χ1) is 13.6. The van der Waals surface area contributed by atoms with E-state index >= 15 is 0 Å². The van der Waals surface area contributed by atoms with Crippen LogP contribution in [0.3, 0.4) is 0 Å². The van der Waals surface area contributed by atoms with Gasteiger partial charge in [0.2, 0.25) is 11.8 Å². The van der Waals surface area contributed by atoms with Gasteiger partial charge in [0, 0.05) is 38.9 Å². The first kappa shape index (κ1) is 19.4. The van der Waals surface area contributed by atoms with Crippen LogP contribution in [-0.4, -0.2) is 89.0 Å². The molecular weight excluding hydrogens is 358 g/mol. The molecule has 1 N–H and O–H groups in total. The second-order valence-electron chi connectivity index (χ2n) is 8.10. The van der Waals surface area contributed by atoms with Crippen molar-refractivity contribution in [3.05, 3.63) is 17.7 Å². The molecule has 154 valence electrons. The normalized spacial score (nSPS) is 24.6. The van der Waals surface area contributed by atoms with Crippen molar-refractivity contribution in [2.24, 2.45) is 0 Å². The number of piperidine rings is 1. The molecule has 1 aromatic rings. The molecule has 0 aromatic carbocycles. The number of ether oxygens (including phenoxy) is 1. The van der Waals surface area contributed by atoms with Crippen LogP contribution in [0, 0.1) is 0 Å². The summed E-state index contributed by atoms with van der Waals surface area (Å²) < 4.78 is 5.12. The third-order valence-corrected chi connectivity index (χ3v) is 6.79.